The van der Waals surface area contributed by atoms with Crippen LogP contribution in [0.1, 0.15) is 19.8 Å². The van der Waals surface area contributed by atoms with Crippen molar-refractivity contribution in [3.8, 4) is 0 Å². The van der Waals surface area contributed by atoms with Crippen LogP contribution in [0, 0.1) is 5.92 Å². The molecule has 2 fully saturated rings. The molecule has 1 N–H and O–H groups in total. The van der Waals surface area contributed by atoms with Gasteiger partial charge in [0.2, 0.25) is 17.7 Å². The van der Waals surface area contributed by atoms with Crippen molar-refractivity contribution < 1.29 is 19.1 Å². The van der Waals surface area contributed by atoms with E-state index in [4.69, 9.17) is 4.74 Å². The Morgan fingerprint density at radius 2 is 1.62 bits per heavy atom. The normalized spacial score (nSPS) is 20.2. The standard InChI is InChI=1S/C14H23N3O4/c1-11(18)16-4-6-17(7-5-16)13(19)10-15-14(20)12-2-8-21-9-3-12/h12H,2-10H2,1H3,(H,15,20). The molecule has 0 aromatic rings. The van der Waals surface area contributed by atoms with Crippen molar-refractivity contribution in [3.05, 3.63) is 0 Å². The highest BCUT2D eigenvalue weighted by Crippen LogP contribution is 2.14. The van der Waals surface area contributed by atoms with Crippen molar-refractivity contribution in [2.45, 2.75) is 19.8 Å². The summed E-state index contributed by atoms with van der Waals surface area (Å²) in [5.41, 5.74) is 0. The molecule has 3 amide bonds. The summed E-state index contributed by atoms with van der Waals surface area (Å²) >= 11 is 0. The molecule has 2 aliphatic heterocycles. The monoisotopic (exact) mass is 297 g/mol. The van der Waals surface area contributed by atoms with E-state index in [9.17, 15) is 14.4 Å². The van der Waals surface area contributed by atoms with Gasteiger partial charge in [-0.1, -0.05) is 0 Å². The molecule has 0 atom stereocenters. The first kappa shape index (κ1) is 15.8. The zero-order chi connectivity index (χ0) is 15.2. The highest BCUT2D eigenvalue weighted by atomic mass is 16.5. The first-order chi connectivity index (χ1) is 10.1. The van der Waals surface area contributed by atoms with E-state index in [1.54, 1.807) is 9.80 Å². The molecule has 21 heavy (non-hydrogen) atoms. The number of carbonyl (C=O) groups excluding carboxylic acids is 3. The minimum absolute atomic E-state index is 0.0370. The van der Waals surface area contributed by atoms with Crippen LogP contribution in [0.4, 0.5) is 0 Å². The predicted octanol–water partition coefficient (Wildman–Crippen LogP) is -0.780. The van der Waals surface area contributed by atoms with E-state index in [-0.39, 0.29) is 30.2 Å². The van der Waals surface area contributed by atoms with E-state index in [1.807, 2.05) is 0 Å². The van der Waals surface area contributed by atoms with E-state index in [0.717, 1.165) is 12.8 Å². The predicted molar refractivity (Wildman–Crippen MR) is 75.4 cm³/mol. The highest BCUT2D eigenvalue weighted by Gasteiger charge is 2.25. The Balaban J connectivity index is 1.70. The number of nitrogens with one attached hydrogen (secondary N) is 1. The molecule has 0 aromatic carbocycles. The molecular formula is C14H23N3O4. The fourth-order valence-corrected chi connectivity index (χ4v) is 2.65. The van der Waals surface area contributed by atoms with Crippen LogP contribution in [0.15, 0.2) is 0 Å². The number of ether oxygens (including phenoxy) is 1. The topological polar surface area (TPSA) is 79.0 Å². The lowest BCUT2D eigenvalue weighted by molar-refractivity contribution is -0.139. The lowest BCUT2D eigenvalue weighted by atomic mass is 9.99. The maximum Gasteiger partial charge on any atom is 0.242 e. The number of amides is 3. The van der Waals surface area contributed by atoms with Gasteiger partial charge in [-0.05, 0) is 12.8 Å². The van der Waals surface area contributed by atoms with Gasteiger partial charge in [0.25, 0.3) is 0 Å². The smallest absolute Gasteiger partial charge is 0.242 e. The van der Waals surface area contributed by atoms with E-state index >= 15 is 0 Å². The maximum absolute atomic E-state index is 12.0. The molecule has 2 saturated heterocycles. The number of nitrogens with zero attached hydrogens (tertiary/aromatic N) is 2. The second kappa shape index (κ2) is 7.40. The molecule has 0 radical (unpaired) electrons. The number of hydrogen-bond acceptors (Lipinski definition) is 4. The van der Waals surface area contributed by atoms with Crippen LogP contribution in [0.5, 0.6) is 0 Å². The molecule has 0 aliphatic carbocycles. The molecule has 2 aliphatic rings. The average molecular weight is 297 g/mol. The highest BCUT2D eigenvalue weighted by molar-refractivity contribution is 5.86. The molecular weight excluding hydrogens is 274 g/mol. The number of rotatable bonds is 3. The third-order valence-electron chi connectivity index (χ3n) is 4.08. The minimum Gasteiger partial charge on any atom is -0.381 e. The van der Waals surface area contributed by atoms with Crippen molar-refractivity contribution >= 4 is 17.7 Å². The molecule has 0 spiro atoms. The summed E-state index contributed by atoms with van der Waals surface area (Å²) in [6.45, 7) is 4.99. The summed E-state index contributed by atoms with van der Waals surface area (Å²) in [5, 5.41) is 2.72. The van der Waals surface area contributed by atoms with Crippen LogP contribution in [0.25, 0.3) is 0 Å². The molecule has 2 heterocycles. The molecule has 2 rings (SSSR count). The van der Waals surface area contributed by atoms with Crippen LogP contribution >= 0.6 is 0 Å². The molecule has 7 nitrogen and oxygen atoms in total. The quantitative estimate of drug-likeness (QED) is 0.741. The second-order valence-corrected chi connectivity index (χ2v) is 5.49. The lowest BCUT2D eigenvalue weighted by Gasteiger charge is -2.34. The molecule has 0 bridgehead atoms. The van der Waals surface area contributed by atoms with Gasteiger partial charge in [0.1, 0.15) is 0 Å². The Labute approximate surface area is 124 Å². The largest absolute Gasteiger partial charge is 0.381 e. The molecule has 118 valence electrons. The Kier molecular flexibility index (Phi) is 5.55. The summed E-state index contributed by atoms with van der Waals surface area (Å²) in [5.74, 6) is -0.149. The fraction of sp³-hybridized carbons (Fsp3) is 0.786. The van der Waals surface area contributed by atoms with Crippen LogP contribution in [-0.2, 0) is 19.1 Å². The van der Waals surface area contributed by atoms with Crippen molar-refractivity contribution in [1.82, 2.24) is 15.1 Å². The number of piperazine rings is 1. The SMILES string of the molecule is CC(=O)N1CCN(C(=O)CNC(=O)C2CCOCC2)CC1. The van der Waals surface area contributed by atoms with Gasteiger partial charge in [-0.25, -0.2) is 0 Å². The third kappa shape index (κ3) is 4.42. The van der Waals surface area contributed by atoms with Crippen LogP contribution in [-0.4, -0.2) is 73.5 Å². The summed E-state index contributed by atoms with van der Waals surface area (Å²) in [6, 6.07) is 0. The zero-order valence-electron chi connectivity index (χ0n) is 12.5. The van der Waals surface area contributed by atoms with Gasteiger partial charge in [-0.15, -0.1) is 0 Å². The first-order valence-electron chi connectivity index (χ1n) is 7.46. The van der Waals surface area contributed by atoms with E-state index in [0.29, 0.717) is 39.4 Å². The Morgan fingerprint density at radius 3 is 2.19 bits per heavy atom. The summed E-state index contributed by atoms with van der Waals surface area (Å²) in [6.07, 6.45) is 1.44. The molecule has 7 heteroatoms. The Hall–Kier alpha value is -1.63. The van der Waals surface area contributed by atoms with Gasteiger partial charge in [-0.2, -0.15) is 0 Å². The van der Waals surface area contributed by atoms with Gasteiger partial charge in [0.15, 0.2) is 0 Å². The van der Waals surface area contributed by atoms with Gasteiger partial charge in [0, 0.05) is 52.2 Å². The van der Waals surface area contributed by atoms with Gasteiger partial charge in [0.05, 0.1) is 6.54 Å². The van der Waals surface area contributed by atoms with Crippen molar-refractivity contribution in [3.63, 3.8) is 0 Å². The van der Waals surface area contributed by atoms with E-state index < -0.39 is 0 Å². The molecule has 0 saturated carbocycles. The van der Waals surface area contributed by atoms with Crippen molar-refractivity contribution in [2.75, 3.05) is 45.9 Å². The maximum atomic E-state index is 12.0. The van der Waals surface area contributed by atoms with Crippen LogP contribution < -0.4 is 5.32 Å². The van der Waals surface area contributed by atoms with Gasteiger partial charge >= 0.3 is 0 Å². The molecule has 0 aromatic heterocycles. The second-order valence-electron chi connectivity index (χ2n) is 5.49. The Bertz CT molecular complexity index is 399. The minimum atomic E-state index is -0.0846. The van der Waals surface area contributed by atoms with Crippen LogP contribution in [0.2, 0.25) is 0 Å². The number of carbonyl (C=O) groups is 3. The molecule has 0 unspecified atom stereocenters. The van der Waals surface area contributed by atoms with E-state index in [1.165, 1.54) is 6.92 Å². The fourth-order valence-electron chi connectivity index (χ4n) is 2.65. The van der Waals surface area contributed by atoms with Gasteiger partial charge in [-0.3, -0.25) is 14.4 Å². The lowest BCUT2D eigenvalue weighted by Crippen LogP contribution is -2.52. The summed E-state index contributed by atoms with van der Waals surface area (Å²) in [7, 11) is 0. The zero-order valence-corrected chi connectivity index (χ0v) is 12.5. The Morgan fingerprint density at radius 1 is 1.05 bits per heavy atom. The summed E-state index contributed by atoms with van der Waals surface area (Å²) in [4.78, 5) is 38.6. The summed E-state index contributed by atoms with van der Waals surface area (Å²) < 4.78 is 5.21. The van der Waals surface area contributed by atoms with Crippen molar-refractivity contribution in [2.24, 2.45) is 5.92 Å². The van der Waals surface area contributed by atoms with E-state index in [2.05, 4.69) is 5.32 Å². The number of hydrogen-bond donors (Lipinski definition) is 1. The van der Waals surface area contributed by atoms with Crippen LogP contribution in [0.3, 0.4) is 0 Å². The average Bonchev–Trinajstić information content (AvgIpc) is 2.53. The van der Waals surface area contributed by atoms with Crippen molar-refractivity contribution in [1.29, 1.82) is 0 Å². The third-order valence-corrected chi connectivity index (χ3v) is 4.08. The first-order valence-corrected chi connectivity index (χ1v) is 7.46. The van der Waals surface area contributed by atoms with Gasteiger partial charge < -0.3 is 19.9 Å².